The second kappa shape index (κ2) is 8.22. The van der Waals surface area contributed by atoms with Gasteiger partial charge in [0, 0.05) is 23.1 Å². The molecular weight excluding hydrogens is 419 g/mol. The lowest BCUT2D eigenvalue weighted by molar-refractivity contribution is -0.0890. The number of allylic oxidation sites excluding steroid dienone is 7. The number of carbonyl (C=O) groups is 1. The summed E-state index contributed by atoms with van der Waals surface area (Å²) in [6.07, 6.45) is 3.88. The fraction of sp³-hybridized carbons (Fsp3) is 0.318. The Labute approximate surface area is 176 Å². The third kappa shape index (κ3) is 4.41. The molecule has 8 heteroatoms. The fourth-order valence-electron chi connectivity index (χ4n) is 3.79. The first-order valence-electron chi connectivity index (χ1n) is 9.56. The topological polar surface area (TPSA) is 38.8 Å². The number of benzene rings is 1. The van der Waals surface area contributed by atoms with E-state index in [9.17, 15) is 18.0 Å². The predicted molar refractivity (Wildman–Crippen MR) is 106 cm³/mol. The van der Waals surface area contributed by atoms with Crippen LogP contribution in [0.5, 0.6) is 5.75 Å². The van der Waals surface area contributed by atoms with Crippen molar-refractivity contribution >= 4 is 17.7 Å². The lowest BCUT2D eigenvalue weighted by Crippen LogP contribution is -2.39. The molecule has 1 unspecified atom stereocenters. The van der Waals surface area contributed by atoms with Crippen LogP contribution in [-0.4, -0.2) is 29.8 Å². The maximum Gasteiger partial charge on any atom is 0.416 e. The molecular formula is C22H19ClF3NO3. The Balaban J connectivity index is 1.51. The average molecular weight is 438 g/mol. The molecule has 30 heavy (non-hydrogen) atoms. The first-order valence-corrected chi connectivity index (χ1v) is 9.94. The molecule has 0 aromatic heterocycles. The lowest BCUT2D eigenvalue weighted by atomic mass is 9.88. The van der Waals surface area contributed by atoms with Gasteiger partial charge in [-0.1, -0.05) is 29.8 Å². The minimum absolute atomic E-state index is 0.0637. The van der Waals surface area contributed by atoms with E-state index in [1.807, 2.05) is 0 Å². The highest BCUT2D eigenvalue weighted by Gasteiger charge is 2.42. The summed E-state index contributed by atoms with van der Waals surface area (Å²) in [6.45, 7) is 0.0637. The summed E-state index contributed by atoms with van der Waals surface area (Å²) in [6, 6.07) is 6.51. The molecule has 1 saturated heterocycles. The van der Waals surface area contributed by atoms with E-state index >= 15 is 0 Å². The van der Waals surface area contributed by atoms with E-state index in [1.165, 1.54) is 17.1 Å². The minimum Gasteiger partial charge on any atom is -0.462 e. The summed E-state index contributed by atoms with van der Waals surface area (Å²) < 4.78 is 50.3. The van der Waals surface area contributed by atoms with Crippen LogP contribution >= 0.6 is 11.6 Å². The molecule has 4 nitrogen and oxygen atoms in total. The smallest absolute Gasteiger partial charge is 0.416 e. The van der Waals surface area contributed by atoms with Crippen molar-refractivity contribution in [2.24, 2.45) is 5.92 Å². The Hall–Kier alpha value is -2.67. The number of nitrogens with zero attached hydrogens (tertiary/aromatic N) is 1. The fourth-order valence-corrected chi connectivity index (χ4v) is 3.92. The van der Waals surface area contributed by atoms with E-state index in [0.29, 0.717) is 35.7 Å². The number of carbonyl (C=O) groups excluding carboxylic acids is 1. The summed E-state index contributed by atoms with van der Waals surface area (Å²) in [5.41, 5.74) is 0.0247. The van der Waals surface area contributed by atoms with Crippen molar-refractivity contribution in [3.8, 4) is 5.75 Å². The van der Waals surface area contributed by atoms with Crippen LogP contribution in [0.1, 0.15) is 19.3 Å². The van der Waals surface area contributed by atoms with Gasteiger partial charge < -0.3 is 9.47 Å². The van der Waals surface area contributed by atoms with E-state index in [0.717, 1.165) is 11.8 Å². The number of rotatable bonds is 4. The predicted octanol–water partition coefficient (Wildman–Crippen LogP) is 6.17. The van der Waals surface area contributed by atoms with Crippen LogP contribution in [-0.2, 0) is 4.74 Å². The molecule has 1 fully saturated rings. The largest absolute Gasteiger partial charge is 0.462 e. The van der Waals surface area contributed by atoms with E-state index in [1.54, 1.807) is 36.4 Å². The van der Waals surface area contributed by atoms with Gasteiger partial charge in [-0.15, -0.1) is 0 Å². The molecule has 1 amide bonds. The van der Waals surface area contributed by atoms with Gasteiger partial charge >= 0.3 is 12.3 Å². The third-order valence-electron chi connectivity index (χ3n) is 5.29. The van der Waals surface area contributed by atoms with Crippen LogP contribution in [0.3, 0.4) is 0 Å². The number of alkyl halides is 3. The monoisotopic (exact) mass is 437 g/mol. The maximum absolute atomic E-state index is 13.1. The van der Waals surface area contributed by atoms with Gasteiger partial charge in [-0.2, -0.15) is 13.2 Å². The van der Waals surface area contributed by atoms with Crippen LogP contribution in [0.15, 0.2) is 71.7 Å². The molecule has 1 aromatic carbocycles. The van der Waals surface area contributed by atoms with Gasteiger partial charge in [0.2, 0.25) is 0 Å². The third-order valence-corrected chi connectivity index (χ3v) is 5.54. The second-order valence-electron chi connectivity index (χ2n) is 7.28. The Morgan fingerprint density at radius 3 is 2.57 bits per heavy atom. The van der Waals surface area contributed by atoms with Crippen LogP contribution in [0.4, 0.5) is 18.0 Å². The number of hydrogen-bond donors (Lipinski definition) is 0. The Morgan fingerprint density at radius 2 is 1.90 bits per heavy atom. The number of amides is 1. The summed E-state index contributed by atoms with van der Waals surface area (Å²) in [7, 11) is 0. The highest BCUT2D eigenvalue weighted by Crippen LogP contribution is 2.37. The van der Waals surface area contributed by atoms with Gasteiger partial charge in [0.25, 0.3) is 0 Å². The molecule has 0 N–H and O–H groups in total. The van der Waals surface area contributed by atoms with E-state index in [2.05, 4.69) is 0 Å². The first kappa shape index (κ1) is 20.6. The standard InChI is InChI=1S/C22H19ClF3NO3/c23-16-4-8-18(9-5-16)30-19-10-6-17(7-11-19)27-20(13-29-21(27)28)14-2-1-3-15(12-14)22(24,25)26/h1,3-6,8-10,12,14,20H,2,7,11,13H2/t14?,20-/m1/s1. The van der Waals surface area contributed by atoms with Gasteiger partial charge in [0.15, 0.2) is 0 Å². The summed E-state index contributed by atoms with van der Waals surface area (Å²) >= 11 is 5.87. The Bertz CT molecular complexity index is 947. The van der Waals surface area contributed by atoms with E-state index in [4.69, 9.17) is 21.1 Å². The normalized spacial score (nSPS) is 24.2. The van der Waals surface area contributed by atoms with Crippen molar-refractivity contribution in [3.63, 3.8) is 0 Å². The zero-order valence-corrected chi connectivity index (χ0v) is 16.6. The van der Waals surface area contributed by atoms with Crippen LogP contribution in [0, 0.1) is 5.92 Å². The second-order valence-corrected chi connectivity index (χ2v) is 7.72. The molecule has 0 saturated carbocycles. The number of ether oxygens (including phenoxy) is 2. The average Bonchev–Trinajstić information content (AvgIpc) is 3.11. The molecule has 1 aromatic rings. The number of halogens is 4. The van der Waals surface area contributed by atoms with Crippen molar-refractivity contribution in [1.82, 2.24) is 4.90 Å². The molecule has 1 aliphatic heterocycles. The summed E-state index contributed by atoms with van der Waals surface area (Å²) in [5, 5.41) is 0.612. The van der Waals surface area contributed by atoms with Crippen molar-refractivity contribution in [2.45, 2.75) is 31.5 Å². The zero-order chi connectivity index (χ0) is 21.3. The molecule has 0 spiro atoms. The highest BCUT2D eigenvalue weighted by atomic mass is 35.5. The van der Waals surface area contributed by atoms with Crippen molar-refractivity contribution < 1.29 is 27.4 Å². The molecule has 1 heterocycles. The molecule has 2 aliphatic carbocycles. The Kier molecular flexibility index (Phi) is 5.64. The molecule has 0 radical (unpaired) electrons. The van der Waals surface area contributed by atoms with Gasteiger partial charge in [-0.3, -0.25) is 4.90 Å². The number of cyclic esters (lactones) is 1. The van der Waals surface area contributed by atoms with Gasteiger partial charge in [0.05, 0.1) is 11.6 Å². The minimum atomic E-state index is -4.41. The molecule has 0 bridgehead atoms. The van der Waals surface area contributed by atoms with Crippen molar-refractivity contribution in [3.05, 3.63) is 76.7 Å². The molecule has 3 aliphatic rings. The van der Waals surface area contributed by atoms with Crippen molar-refractivity contribution in [1.29, 1.82) is 0 Å². The van der Waals surface area contributed by atoms with E-state index < -0.39 is 29.8 Å². The Morgan fingerprint density at radius 1 is 1.13 bits per heavy atom. The molecule has 4 rings (SSSR count). The van der Waals surface area contributed by atoms with Crippen LogP contribution < -0.4 is 4.74 Å². The zero-order valence-electron chi connectivity index (χ0n) is 15.9. The van der Waals surface area contributed by atoms with Crippen LogP contribution in [0.25, 0.3) is 0 Å². The SMILES string of the molecule is O=C1OC[C@H](C2C=C(C(F)(F)F)C=CC2)N1C1=CC=C(Oc2ccc(Cl)cc2)CC1. The van der Waals surface area contributed by atoms with Gasteiger partial charge in [0.1, 0.15) is 18.1 Å². The van der Waals surface area contributed by atoms with Gasteiger partial charge in [-0.05, 0) is 49.3 Å². The lowest BCUT2D eigenvalue weighted by Gasteiger charge is -2.31. The summed E-state index contributed by atoms with van der Waals surface area (Å²) in [4.78, 5) is 13.8. The quantitative estimate of drug-likeness (QED) is 0.565. The van der Waals surface area contributed by atoms with Gasteiger partial charge in [-0.25, -0.2) is 4.79 Å². The number of hydrogen-bond acceptors (Lipinski definition) is 3. The molecule has 158 valence electrons. The molecule has 2 atom stereocenters. The van der Waals surface area contributed by atoms with Crippen LogP contribution in [0.2, 0.25) is 5.02 Å². The summed E-state index contributed by atoms with van der Waals surface area (Å²) in [5.74, 6) is 0.916. The highest BCUT2D eigenvalue weighted by molar-refractivity contribution is 6.30. The first-order chi connectivity index (χ1) is 14.3. The maximum atomic E-state index is 13.1. The van der Waals surface area contributed by atoms with Crippen molar-refractivity contribution in [2.75, 3.05) is 6.61 Å². The van der Waals surface area contributed by atoms with E-state index in [-0.39, 0.29) is 6.61 Å².